The Kier molecular flexibility index (Phi) is 9.58. The minimum atomic E-state index is -2.10. The lowest BCUT2D eigenvalue weighted by Gasteiger charge is -2.38. The number of carbonyl (C=O) groups excluding carboxylic acids is 4. The summed E-state index contributed by atoms with van der Waals surface area (Å²) in [7, 11) is 4.05. The van der Waals surface area contributed by atoms with Gasteiger partial charge < -0.3 is 40.2 Å². The molecule has 1 aliphatic carbocycles. The average molecular weight is 679 g/mol. The molecule has 13 heteroatoms. The summed E-state index contributed by atoms with van der Waals surface area (Å²) in [5, 5.41) is 25.0. The summed E-state index contributed by atoms with van der Waals surface area (Å²) >= 11 is 6.57. The average Bonchev–Trinajstić information content (AvgIpc) is 3.38. The molecular formula is C35H35ClN2O10. The maximum absolute atomic E-state index is 14.3. The van der Waals surface area contributed by atoms with Crippen LogP contribution in [0.4, 0.5) is 0 Å². The number of hydrogen-bond donors (Lipinski definition) is 4. The highest BCUT2D eigenvalue weighted by Crippen LogP contribution is 2.56. The zero-order chi connectivity index (χ0) is 34.9. The molecule has 1 spiro atoms. The zero-order valence-corrected chi connectivity index (χ0v) is 27.4. The number of hydrogen-bond acceptors (Lipinski definition) is 10. The molecule has 3 aromatic carbocycles. The van der Waals surface area contributed by atoms with Crippen LogP contribution in [0.1, 0.15) is 47.2 Å². The van der Waals surface area contributed by atoms with Crippen molar-refractivity contribution >= 4 is 35.0 Å². The Morgan fingerprint density at radius 1 is 1.02 bits per heavy atom. The minimum absolute atomic E-state index is 0.0349. The summed E-state index contributed by atoms with van der Waals surface area (Å²) in [6.07, 6.45) is -0.609. The number of ether oxygens (including phenoxy) is 4. The van der Waals surface area contributed by atoms with Gasteiger partial charge in [0.2, 0.25) is 23.2 Å². The molecule has 1 heterocycles. The van der Waals surface area contributed by atoms with Crippen LogP contribution in [0.5, 0.6) is 28.7 Å². The van der Waals surface area contributed by atoms with Crippen molar-refractivity contribution in [3.63, 3.8) is 0 Å². The Balaban J connectivity index is 1.62. The van der Waals surface area contributed by atoms with Gasteiger partial charge in [-0.1, -0.05) is 54.9 Å². The summed E-state index contributed by atoms with van der Waals surface area (Å²) < 4.78 is 22.3. The number of Topliss-reactive ketones (excluding diaryl/α,β-unsaturated/α-hetero) is 2. The summed E-state index contributed by atoms with van der Waals surface area (Å²) in [5.74, 6) is -5.50. The maximum Gasteiger partial charge on any atom is 0.240 e. The molecule has 4 atom stereocenters. The Bertz CT molecular complexity index is 1830. The van der Waals surface area contributed by atoms with Gasteiger partial charge in [0.15, 0.2) is 28.8 Å². The van der Waals surface area contributed by atoms with Crippen molar-refractivity contribution in [2.75, 3.05) is 21.3 Å². The number of nitrogens with two attached hydrogens (primary N) is 1. The Labute approximate surface area is 281 Å². The van der Waals surface area contributed by atoms with Crippen molar-refractivity contribution in [3.8, 4) is 28.7 Å². The number of aromatic hydroxyl groups is 1. The fraction of sp³-hybridized carbons (Fsp3) is 0.314. The Morgan fingerprint density at radius 2 is 1.69 bits per heavy atom. The standard InChI is InChI=1S/C35H35ClN2O10/c1-17-12-23(40)28(32(42)35(17)33(43)29-25(46-3)16-26(47-4)30(36)31(29)48-35)20(19-10-11-22(39)24(14-19)45-2)15-27(41)38-21(34(37)44)13-18-8-6-5-7-9-18/h5-11,14,16-17,20-21,39,42H,12-13,15H2,1-4H3,(H2,37,44)(H,38,41). The number of methoxy groups -OCH3 is 3. The van der Waals surface area contributed by atoms with E-state index in [1.54, 1.807) is 31.2 Å². The van der Waals surface area contributed by atoms with E-state index in [0.717, 1.165) is 5.56 Å². The number of rotatable bonds is 11. The highest BCUT2D eigenvalue weighted by Gasteiger charge is 2.61. The lowest BCUT2D eigenvalue weighted by molar-refractivity contribution is -0.127. The molecular weight excluding hydrogens is 644 g/mol. The molecule has 5 rings (SSSR count). The van der Waals surface area contributed by atoms with Crippen molar-refractivity contribution in [1.82, 2.24) is 5.32 Å². The van der Waals surface area contributed by atoms with E-state index >= 15 is 0 Å². The van der Waals surface area contributed by atoms with Gasteiger partial charge in [-0.15, -0.1) is 0 Å². The van der Waals surface area contributed by atoms with Crippen molar-refractivity contribution in [1.29, 1.82) is 0 Å². The van der Waals surface area contributed by atoms with E-state index in [-0.39, 0.29) is 57.7 Å². The summed E-state index contributed by atoms with van der Waals surface area (Å²) in [6.45, 7) is 1.58. The molecule has 0 aromatic heterocycles. The lowest BCUT2D eigenvalue weighted by atomic mass is 9.69. The molecule has 2 aliphatic rings. The monoisotopic (exact) mass is 678 g/mol. The van der Waals surface area contributed by atoms with Gasteiger partial charge in [-0.2, -0.15) is 0 Å². The predicted molar refractivity (Wildman–Crippen MR) is 174 cm³/mol. The molecule has 0 saturated heterocycles. The number of ketones is 2. The van der Waals surface area contributed by atoms with Gasteiger partial charge in [-0.05, 0) is 23.3 Å². The second kappa shape index (κ2) is 13.5. The van der Waals surface area contributed by atoms with E-state index in [9.17, 15) is 29.4 Å². The van der Waals surface area contributed by atoms with E-state index in [1.807, 2.05) is 6.07 Å². The third-order valence-corrected chi connectivity index (χ3v) is 9.17. The van der Waals surface area contributed by atoms with E-state index in [0.29, 0.717) is 5.56 Å². The highest BCUT2D eigenvalue weighted by molar-refractivity contribution is 6.35. The largest absolute Gasteiger partial charge is 0.507 e. The first-order valence-electron chi connectivity index (χ1n) is 15.0. The summed E-state index contributed by atoms with van der Waals surface area (Å²) in [4.78, 5) is 54.2. The van der Waals surface area contributed by atoms with Crippen LogP contribution in [-0.2, 0) is 20.8 Å². The topological polar surface area (TPSA) is 184 Å². The molecule has 4 unspecified atom stereocenters. The molecule has 5 N–H and O–H groups in total. The SMILES string of the molecule is COc1cc(C(CC(=O)NC(Cc2ccccc2)C(N)=O)C2=C(O)C3(Oc4c(Cl)c(OC)cc(OC)c4C3=O)C(C)CC2=O)ccc1O. The van der Waals surface area contributed by atoms with Crippen LogP contribution in [0.25, 0.3) is 0 Å². The molecule has 3 aromatic rings. The Hall–Kier alpha value is -5.23. The highest BCUT2D eigenvalue weighted by atomic mass is 35.5. The maximum atomic E-state index is 14.3. The van der Waals surface area contributed by atoms with Gasteiger partial charge in [-0.25, -0.2) is 0 Å². The number of nitrogens with one attached hydrogen (secondary N) is 1. The third-order valence-electron chi connectivity index (χ3n) is 8.82. The molecule has 0 saturated carbocycles. The normalized spacial score (nSPS) is 19.7. The van der Waals surface area contributed by atoms with E-state index in [1.165, 1.54) is 45.6 Å². The number of phenols is 1. The van der Waals surface area contributed by atoms with Crippen LogP contribution in [0.3, 0.4) is 0 Å². The Morgan fingerprint density at radius 3 is 2.31 bits per heavy atom. The van der Waals surface area contributed by atoms with Crippen LogP contribution in [-0.4, -0.2) is 66.6 Å². The van der Waals surface area contributed by atoms with Gasteiger partial charge in [0, 0.05) is 42.7 Å². The number of benzene rings is 3. The van der Waals surface area contributed by atoms with Crippen molar-refractivity contribution < 1.29 is 48.3 Å². The smallest absolute Gasteiger partial charge is 0.240 e. The number of aliphatic hydroxyl groups is 1. The number of carbonyl (C=O) groups is 4. The van der Waals surface area contributed by atoms with E-state index < -0.39 is 59.0 Å². The van der Waals surface area contributed by atoms with Gasteiger partial charge in [0.05, 0.1) is 21.3 Å². The predicted octanol–water partition coefficient (Wildman–Crippen LogP) is 4.19. The van der Waals surface area contributed by atoms with Crippen LogP contribution in [0.2, 0.25) is 5.02 Å². The number of phenolic OH excluding ortho intramolecular Hbond substituents is 1. The van der Waals surface area contributed by atoms with Crippen molar-refractivity contribution in [2.24, 2.45) is 11.7 Å². The quantitative estimate of drug-likeness (QED) is 0.229. The number of aliphatic hydroxyl groups excluding tert-OH is 1. The second-order valence-corrected chi connectivity index (χ2v) is 12.0. The van der Waals surface area contributed by atoms with Gasteiger partial charge in [-0.3, -0.25) is 19.2 Å². The zero-order valence-electron chi connectivity index (χ0n) is 26.7. The molecule has 48 heavy (non-hydrogen) atoms. The van der Waals surface area contributed by atoms with Crippen LogP contribution in [0.15, 0.2) is 65.9 Å². The molecule has 0 fully saturated rings. The summed E-state index contributed by atoms with van der Waals surface area (Å²) in [5.41, 5.74) is 4.27. The third kappa shape index (κ3) is 5.87. The molecule has 1 aliphatic heterocycles. The van der Waals surface area contributed by atoms with E-state index in [4.69, 9.17) is 36.3 Å². The first kappa shape index (κ1) is 34.1. The first-order chi connectivity index (χ1) is 22.9. The second-order valence-electron chi connectivity index (χ2n) is 11.7. The van der Waals surface area contributed by atoms with Crippen LogP contribution < -0.4 is 30.0 Å². The lowest BCUT2D eigenvalue weighted by Crippen LogP contribution is -2.53. The number of amides is 2. The fourth-order valence-corrected chi connectivity index (χ4v) is 6.61. The van der Waals surface area contributed by atoms with E-state index in [2.05, 4.69) is 5.32 Å². The fourth-order valence-electron chi connectivity index (χ4n) is 6.35. The van der Waals surface area contributed by atoms with Gasteiger partial charge >= 0.3 is 0 Å². The van der Waals surface area contributed by atoms with Crippen molar-refractivity contribution in [3.05, 3.63) is 87.6 Å². The van der Waals surface area contributed by atoms with Gasteiger partial charge in [0.1, 0.15) is 28.1 Å². The number of fused-ring (bicyclic) bond motifs is 1. The molecule has 0 radical (unpaired) electrons. The molecule has 0 bridgehead atoms. The molecule has 252 valence electrons. The minimum Gasteiger partial charge on any atom is -0.507 e. The van der Waals surface area contributed by atoms with Gasteiger partial charge in [0.25, 0.3) is 0 Å². The molecule has 2 amide bonds. The number of primary amides is 1. The van der Waals surface area contributed by atoms with Crippen LogP contribution >= 0.6 is 11.6 Å². The summed E-state index contributed by atoms with van der Waals surface area (Å²) in [6, 6.07) is 13.5. The number of allylic oxidation sites excluding steroid dienone is 1. The first-order valence-corrected chi connectivity index (χ1v) is 15.4. The molecule has 12 nitrogen and oxygen atoms in total. The van der Waals surface area contributed by atoms with Crippen molar-refractivity contribution in [2.45, 2.75) is 43.7 Å². The number of halogens is 1. The van der Waals surface area contributed by atoms with Crippen LogP contribution in [0, 0.1) is 5.92 Å².